The second-order valence-electron chi connectivity index (χ2n) is 4.37. The first-order valence-corrected chi connectivity index (χ1v) is 6.17. The van der Waals surface area contributed by atoms with Crippen LogP contribution in [0.25, 0.3) is 5.69 Å². The molecule has 1 amide bonds. The van der Waals surface area contributed by atoms with Crippen molar-refractivity contribution in [2.45, 2.75) is 0 Å². The summed E-state index contributed by atoms with van der Waals surface area (Å²) in [6.07, 6.45) is 3.86. The van der Waals surface area contributed by atoms with Crippen molar-refractivity contribution in [2.24, 2.45) is 0 Å². The van der Waals surface area contributed by atoms with E-state index in [0.717, 1.165) is 5.69 Å². The number of hydrogen-bond donors (Lipinski definition) is 0. The highest BCUT2D eigenvalue weighted by molar-refractivity contribution is 5.95. The Bertz CT molecular complexity index is 588. The van der Waals surface area contributed by atoms with Gasteiger partial charge in [0.15, 0.2) is 0 Å². The van der Waals surface area contributed by atoms with Crippen LogP contribution in [0.1, 0.15) is 10.4 Å². The van der Waals surface area contributed by atoms with E-state index in [-0.39, 0.29) is 12.5 Å². The number of ether oxygens (including phenoxy) is 1. The minimum absolute atomic E-state index is 0.0608. The van der Waals surface area contributed by atoms with Gasteiger partial charge in [-0.25, -0.2) is 0 Å². The minimum Gasteiger partial charge on any atom is -0.468 e. The predicted molar refractivity (Wildman–Crippen MR) is 74.7 cm³/mol. The quantitative estimate of drug-likeness (QED) is 0.796. The lowest BCUT2D eigenvalue weighted by atomic mass is 10.2. The van der Waals surface area contributed by atoms with Gasteiger partial charge in [-0.1, -0.05) is 0 Å². The first kappa shape index (κ1) is 13.9. The van der Waals surface area contributed by atoms with E-state index < -0.39 is 5.97 Å². The van der Waals surface area contributed by atoms with Crippen molar-refractivity contribution in [2.75, 3.05) is 20.7 Å². The number of amides is 1. The van der Waals surface area contributed by atoms with E-state index in [4.69, 9.17) is 0 Å². The largest absolute Gasteiger partial charge is 0.468 e. The Labute approximate surface area is 117 Å². The van der Waals surface area contributed by atoms with Crippen LogP contribution in [0.2, 0.25) is 0 Å². The van der Waals surface area contributed by atoms with Crippen LogP contribution in [0.5, 0.6) is 0 Å². The summed E-state index contributed by atoms with van der Waals surface area (Å²) >= 11 is 0. The molecule has 1 aromatic heterocycles. The SMILES string of the molecule is COC(=O)CN(C)C(=O)c1ccc(-n2cccc2)cc1. The average molecular weight is 272 g/mol. The number of methoxy groups -OCH3 is 1. The van der Waals surface area contributed by atoms with E-state index in [9.17, 15) is 9.59 Å². The molecule has 0 radical (unpaired) electrons. The molecule has 0 aliphatic carbocycles. The third-order valence-corrected chi connectivity index (χ3v) is 2.96. The maximum Gasteiger partial charge on any atom is 0.325 e. The summed E-state index contributed by atoms with van der Waals surface area (Å²) in [5, 5.41) is 0. The number of carbonyl (C=O) groups is 2. The van der Waals surface area contributed by atoms with Crippen LogP contribution in [0, 0.1) is 0 Å². The molecular formula is C15H16N2O3. The first-order chi connectivity index (χ1) is 9.61. The van der Waals surface area contributed by atoms with Gasteiger partial charge in [-0.05, 0) is 36.4 Å². The maximum atomic E-state index is 12.1. The number of carbonyl (C=O) groups excluding carboxylic acids is 2. The fourth-order valence-electron chi connectivity index (χ4n) is 1.83. The molecule has 0 N–H and O–H groups in total. The van der Waals surface area contributed by atoms with E-state index in [1.165, 1.54) is 12.0 Å². The van der Waals surface area contributed by atoms with Crippen LogP contribution in [0.4, 0.5) is 0 Å². The van der Waals surface area contributed by atoms with Crippen LogP contribution < -0.4 is 0 Å². The number of esters is 1. The Kier molecular flexibility index (Phi) is 4.20. The Morgan fingerprint density at radius 3 is 2.30 bits per heavy atom. The van der Waals surface area contributed by atoms with Crippen molar-refractivity contribution in [1.29, 1.82) is 0 Å². The molecule has 1 aromatic carbocycles. The molecule has 0 saturated carbocycles. The number of aromatic nitrogens is 1. The summed E-state index contributed by atoms with van der Waals surface area (Å²) in [6, 6.07) is 11.1. The van der Waals surface area contributed by atoms with Gasteiger partial charge in [0.25, 0.3) is 5.91 Å². The first-order valence-electron chi connectivity index (χ1n) is 6.17. The van der Waals surface area contributed by atoms with Crippen LogP contribution in [0.15, 0.2) is 48.8 Å². The molecule has 20 heavy (non-hydrogen) atoms. The Hall–Kier alpha value is -2.56. The zero-order valence-corrected chi connectivity index (χ0v) is 11.4. The highest BCUT2D eigenvalue weighted by Crippen LogP contribution is 2.11. The normalized spacial score (nSPS) is 10.1. The monoisotopic (exact) mass is 272 g/mol. The summed E-state index contributed by atoms with van der Waals surface area (Å²) in [5.74, 6) is -0.653. The lowest BCUT2D eigenvalue weighted by Crippen LogP contribution is -2.32. The minimum atomic E-state index is -0.440. The van der Waals surface area contributed by atoms with Crippen molar-refractivity contribution in [3.8, 4) is 5.69 Å². The summed E-state index contributed by atoms with van der Waals surface area (Å²) in [4.78, 5) is 24.6. The number of nitrogens with zero attached hydrogens (tertiary/aromatic N) is 2. The molecule has 0 atom stereocenters. The molecule has 5 heteroatoms. The Morgan fingerprint density at radius 2 is 1.75 bits per heavy atom. The van der Waals surface area contributed by atoms with Crippen molar-refractivity contribution in [3.05, 3.63) is 54.4 Å². The van der Waals surface area contributed by atoms with Gasteiger partial charge in [-0.15, -0.1) is 0 Å². The molecule has 2 rings (SSSR count). The molecule has 104 valence electrons. The van der Waals surface area contributed by atoms with E-state index in [0.29, 0.717) is 5.56 Å². The van der Waals surface area contributed by atoms with Gasteiger partial charge < -0.3 is 14.2 Å². The maximum absolute atomic E-state index is 12.1. The number of hydrogen-bond acceptors (Lipinski definition) is 3. The molecule has 0 aliphatic heterocycles. The Morgan fingerprint density at radius 1 is 1.15 bits per heavy atom. The average Bonchev–Trinajstić information content (AvgIpc) is 3.00. The van der Waals surface area contributed by atoms with E-state index in [1.807, 2.05) is 41.2 Å². The van der Waals surface area contributed by atoms with Crippen molar-refractivity contribution < 1.29 is 14.3 Å². The fraction of sp³-hybridized carbons (Fsp3) is 0.200. The van der Waals surface area contributed by atoms with Gasteiger partial charge in [0, 0.05) is 30.7 Å². The number of likely N-dealkylation sites (N-methyl/N-ethyl adjacent to an activating group) is 1. The molecule has 1 heterocycles. The van der Waals surface area contributed by atoms with Gasteiger partial charge in [0.1, 0.15) is 6.54 Å². The fourth-order valence-corrected chi connectivity index (χ4v) is 1.83. The highest BCUT2D eigenvalue weighted by Gasteiger charge is 2.14. The Balaban J connectivity index is 2.09. The highest BCUT2D eigenvalue weighted by atomic mass is 16.5. The van der Waals surface area contributed by atoms with Crippen LogP contribution in [0.3, 0.4) is 0 Å². The van der Waals surface area contributed by atoms with Gasteiger partial charge in [-0.3, -0.25) is 9.59 Å². The zero-order chi connectivity index (χ0) is 14.5. The molecule has 0 spiro atoms. The molecule has 5 nitrogen and oxygen atoms in total. The van der Waals surface area contributed by atoms with Crippen LogP contribution in [-0.2, 0) is 9.53 Å². The lowest BCUT2D eigenvalue weighted by molar-refractivity contribution is -0.141. The van der Waals surface area contributed by atoms with E-state index in [2.05, 4.69) is 4.74 Å². The number of rotatable bonds is 4. The third-order valence-electron chi connectivity index (χ3n) is 2.96. The van der Waals surface area contributed by atoms with Gasteiger partial charge >= 0.3 is 5.97 Å². The summed E-state index contributed by atoms with van der Waals surface area (Å²) in [5.41, 5.74) is 1.51. The molecule has 2 aromatic rings. The predicted octanol–water partition coefficient (Wildman–Crippen LogP) is 1.72. The van der Waals surface area contributed by atoms with Gasteiger partial charge in [-0.2, -0.15) is 0 Å². The summed E-state index contributed by atoms with van der Waals surface area (Å²) in [7, 11) is 2.87. The molecule has 0 aliphatic rings. The van der Waals surface area contributed by atoms with Crippen molar-refractivity contribution >= 4 is 11.9 Å². The lowest BCUT2D eigenvalue weighted by Gasteiger charge is -2.15. The second kappa shape index (κ2) is 6.06. The molecule has 0 fully saturated rings. The molecule has 0 bridgehead atoms. The van der Waals surface area contributed by atoms with Crippen LogP contribution in [-0.4, -0.2) is 42.0 Å². The van der Waals surface area contributed by atoms with Crippen molar-refractivity contribution in [3.63, 3.8) is 0 Å². The molecule has 0 unspecified atom stereocenters. The van der Waals surface area contributed by atoms with E-state index >= 15 is 0 Å². The summed E-state index contributed by atoms with van der Waals surface area (Å²) in [6.45, 7) is -0.0608. The third kappa shape index (κ3) is 3.06. The van der Waals surface area contributed by atoms with Gasteiger partial charge in [0.05, 0.1) is 7.11 Å². The topological polar surface area (TPSA) is 51.5 Å². The molecular weight excluding hydrogens is 256 g/mol. The zero-order valence-electron chi connectivity index (χ0n) is 11.4. The van der Waals surface area contributed by atoms with Crippen LogP contribution >= 0.6 is 0 Å². The van der Waals surface area contributed by atoms with E-state index in [1.54, 1.807) is 19.2 Å². The number of benzene rings is 1. The summed E-state index contributed by atoms with van der Waals surface area (Å²) < 4.78 is 6.49. The molecule has 0 saturated heterocycles. The van der Waals surface area contributed by atoms with Crippen molar-refractivity contribution in [1.82, 2.24) is 9.47 Å². The standard InChI is InChI=1S/C15H16N2O3/c1-16(11-14(18)20-2)15(19)12-5-7-13(8-6-12)17-9-3-4-10-17/h3-10H,11H2,1-2H3. The second-order valence-corrected chi connectivity index (χ2v) is 4.37. The smallest absolute Gasteiger partial charge is 0.325 e. The van der Waals surface area contributed by atoms with Gasteiger partial charge in [0.2, 0.25) is 0 Å².